The summed E-state index contributed by atoms with van der Waals surface area (Å²) >= 11 is 3.36. The summed E-state index contributed by atoms with van der Waals surface area (Å²) in [6.45, 7) is 1.89. The lowest BCUT2D eigenvalue weighted by atomic mass is 10.0. The molecule has 2 aromatic rings. The maximum absolute atomic E-state index is 13.5. The predicted molar refractivity (Wildman–Crippen MR) is 68.7 cm³/mol. The molecule has 0 spiro atoms. The summed E-state index contributed by atoms with van der Waals surface area (Å²) in [6.07, 6.45) is 0. The van der Waals surface area contributed by atoms with Crippen LogP contribution in [0.25, 0.3) is 0 Å². The normalized spacial score (nSPS) is 10.3. The first kappa shape index (κ1) is 12.0. The fourth-order valence-corrected chi connectivity index (χ4v) is 1.83. The number of hydrogen-bond donors (Lipinski definition) is 0. The monoisotopic (exact) mass is 292 g/mol. The molecule has 0 heterocycles. The van der Waals surface area contributed by atoms with Gasteiger partial charge >= 0.3 is 0 Å². The molecule has 0 N–H and O–H groups in total. The summed E-state index contributed by atoms with van der Waals surface area (Å²) in [5, 5.41) is 0. The molecule has 0 saturated carbocycles. The van der Waals surface area contributed by atoms with E-state index in [0.717, 1.165) is 10.0 Å². The van der Waals surface area contributed by atoms with E-state index in [9.17, 15) is 9.18 Å². The first-order valence-corrected chi connectivity index (χ1v) is 5.94. The molecule has 3 heteroatoms. The molecule has 0 bridgehead atoms. The highest BCUT2D eigenvalue weighted by Crippen LogP contribution is 2.20. The minimum atomic E-state index is -0.488. The third-order valence-electron chi connectivity index (χ3n) is 2.54. The Hall–Kier alpha value is -1.48. The van der Waals surface area contributed by atoms with Crippen molar-refractivity contribution in [3.63, 3.8) is 0 Å². The fourth-order valence-electron chi connectivity index (χ4n) is 1.59. The minimum Gasteiger partial charge on any atom is -0.288 e. The number of hydrogen-bond acceptors (Lipinski definition) is 1. The summed E-state index contributed by atoms with van der Waals surface area (Å²) in [7, 11) is 0. The molecule has 1 nitrogen and oxygen atoms in total. The number of halogens is 2. The smallest absolute Gasteiger partial charge is 0.195 e. The number of benzene rings is 2. The Kier molecular flexibility index (Phi) is 3.38. The molecule has 17 heavy (non-hydrogen) atoms. The molecule has 0 fully saturated rings. The third kappa shape index (κ3) is 2.44. The van der Waals surface area contributed by atoms with Crippen LogP contribution in [0.2, 0.25) is 0 Å². The van der Waals surface area contributed by atoms with E-state index in [1.54, 1.807) is 30.3 Å². The second kappa shape index (κ2) is 4.80. The molecule has 0 saturated heterocycles. The SMILES string of the molecule is Cc1cc(C(=O)c2ccccc2F)ccc1Br. The van der Waals surface area contributed by atoms with E-state index in [1.807, 2.05) is 6.92 Å². The van der Waals surface area contributed by atoms with E-state index < -0.39 is 5.82 Å². The Balaban J connectivity index is 2.44. The molecule has 2 rings (SSSR count). The van der Waals surface area contributed by atoms with Gasteiger partial charge in [-0.2, -0.15) is 0 Å². The van der Waals surface area contributed by atoms with Gasteiger partial charge in [0, 0.05) is 10.0 Å². The second-order valence-electron chi connectivity index (χ2n) is 3.77. The molecule has 0 aliphatic rings. The molecule has 0 aliphatic carbocycles. The van der Waals surface area contributed by atoms with Gasteiger partial charge in [-0.15, -0.1) is 0 Å². The van der Waals surface area contributed by atoms with Gasteiger partial charge in [0.25, 0.3) is 0 Å². The van der Waals surface area contributed by atoms with Crippen LogP contribution >= 0.6 is 15.9 Å². The van der Waals surface area contributed by atoms with E-state index >= 15 is 0 Å². The first-order valence-electron chi connectivity index (χ1n) is 5.15. The van der Waals surface area contributed by atoms with Crippen molar-refractivity contribution in [1.29, 1.82) is 0 Å². The molecule has 0 radical (unpaired) electrons. The summed E-state index contributed by atoms with van der Waals surface area (Å²) < 4.78 is 14.4. The van der Waals surface area contributed by atoms with E-state index in [1.165, 1.54) is 12.1 Å². The van der Waals surface area contributed by atoms with E-state index in [0.29, 0.717) is 5.56 Å². The molecule has 86 valence electrons. The summed E-state index contributed by atoms with van der Waals surface area (Å²) in [4.78, 5) is 12.1. The van der Waals surface area contributed by atoms with Crippen LogP contribution in [-0.4, -0.2) is 5.78 Å². The number of rotatable bonds is 2. The standard InChI is InChI=1S/C14H10BrFO/c1-9-8-10(6-7-12(9)15)14(17)11-4-2-3-5-13(11)16/h2-8H,1H3. The Labute approximate surface area is 107 Å². The van der Waals surface area contributed by atoms with E-state index in [2.05, 4.69) is 15.9 Å². The lowest BCUT2D eigenvalue weighted by Gasteiger charge is -2.04. The zero-order valence-electron chi connectivity index (χ0n) is 9.21. The molecule has 0 unspecified atom stereocenters. The number of aryl methyl sites for hydroxylation is 1. The summed E-state index contributed by atoms with van der Waals surface area (Å²) in [6, 6.07) is 11.2. The van der Waals surface area contributed by atoms with E-state index in [-0.39, 0.29) is 11.3 Å². The van der Waals surface area contributed by atoms with Crippen LogP contribution in [0.15, 0.2) is 46.9 Å². The topological polar surface area (TPSA) is 17.1 Å². The minimum absolute atomic E-state index is 0.106. The largest absolute Gasteiger partial charge is 0.288 e. The van der Waals surface area contributed by atoms with Crippen molar-refractivity contribution in [3.05, 3.63) is 69.4 Å². The Morgan fingerprint density at radius 2 is 1.88 bits per heavy atom. The first-order chi connectivity index (χ1) is 8.09. The maximum atomic E-state index is 13.5. The van der Waals surface area contributed by atoms with Gasteiger partial charge in [0.15, 0.2) is 5.78 Å². The molecule has 0 aromatic heterocycles. The van der Waals surface area contributed by atoms with Gasteiger partial charge in [-0.05, 0) is 42.8 Å². The van der Waals surface area contributed by atoms with Gasteiger partial charge in [0.2, 0.25) is 0 Å². The van der Waals surface area contributed by atoms with Crippen LogP contribution in [0.3, 0.4) is 0 Å². The van der Waals surface area contributed by atoms with Gasteiger partial charge in [-0.3, -0.25) is 4.79 Å². The van der Waals surface area contributed by atoms with Gasteiger partial charge in [0.1, 0.15) is 5.82 Å². The third-order valence-corrected chi connectivity index (χ3v) is 3.43. The zero-order valence-corrected chi connectivity index (χ0v) is 10.8. The highest BCUT2D eigenvalue weighted by atomic mass is 79.9. The Morgan fingerprint density at radius 1 is 1.18 bits per heavy atom. The number of carbonyl (C=O) groups is 1. The molecule has 0 amide bonds. The summed E-state index contributed by atoms with van der Waals surface area (Å²) in [5.41, 5.74) is 1.55. The highest BCUT2D eigenvalue weighted by Gasteiger charge is 2.13. The van der Waals surface area contributed by atoms with Crippen molar-refractivity contribution in [1.82, 2.24) is 0 Å². The Bertz CT molecular complexity index is 578. The average molecular weight is 293 g/mol. The number of ketones is 1. The van der Waals surface area contributed by atoms with E-state index in [4.69, 9.17) is 0 Å². The highest BCUT2D eigenvalue weighted by molar-refractivity contribution is 9.10. The van der Waals surface area contributed by atoms with Gasteiger partial charge in [-0.1, -0.05) is 28.1 Å². The van der Waals surface area contributed by atoms with Crippen LogP contribution in [0.1, 0.15) is 21.5 Å². The van der Waals surface area contributed by atoms with Crippen LogP contribution in [-0.2, 0) is 0 Å². The number of carbonyl (C=O) groups excluding carboxylic acids is 1. The van der Waals surface area contributed by atoms with Crippen LogP contribution in [0.4, 0.5) is 4.39 Å². The van der Waals surface area contributed by atoms with Crippen molar-refractivity contribution in [2.75, 3.05) is 0 Å². The molecular formula is C14H10BrFO. The van der Waals surface area contributed by atoms with Crippen molar-refractivity contribution in [2.45, 2.75) is 6.92 Å². The van der Waals surface area contributed by atoms with Crippen LogP contribution < -0.4 is 0 Å². The predicted octanol–water partition coefficient (Wildman–Crippen LogP) is 4.13. The molecular weight excluding hydrogens is 283 g/mol. The van der Waals surface area contributed by atoms with Crippen molar-refractivity contribution in [2.24, 2.45) is 0 Å². The van der Waals surface area contributed by atoms with Crippen molar-refractivity contribution < 1.29 is 9.18 Å². The van der Waals surface area contributed by atoms with Crippen LogP contribution in [0, 0.1) is 12.7 Å². The van der Waals surface area contributed by atoms with Crippen molar-refractivity contribution >= 4 is 21.7 Å². The lowest BCUT2D eigenvalue weighted by molar-refractivity contribution is 0.103. The second-order valence-corrected chi connectivity index (χ2v) is 4.63. The van der Waals surface area contributed by atoms with Gasteiger partial charge in [-0.25, -0.2) is 4.39 Å². The van der Waals surface area contributed by atoms with Crippen LogP contribution in [0.5, 0.6) is 0 Å². The fraction of sp³-hybridized carbons (Fsp3) is 0.0714. The van der Waals surface area contributed by atoms with Gasteiger partial charge < -0.3 is 0 Å². The maximum Gasteiger partial charge on any atom is 0.195 e. The molecule has 2 aromatic carbocycles. The molecule has 0 atom stereocenters. The summed E-state index contributed by atoms with van der Waals surface area (Å²) in [5.74, 6) is -0.781. The van der Waals surface area contributed by atoms with Gasteiger partial charge in [0.05, 0.1) is 5.56 Å². The zero-order chi connectivity index (χ0) is 12.4. The lowest BCUT2D eigenvalue weighted by Crippen LogP contribution is -2.04. The average Bonchev–Trinajstić information content (AvgIpc) is 2.32. The Morgan fingerprint density at radius 3 is 2.53 bits per heavy atom. The van der Waals surface area contributed by atoms with Crippen molar-refractivity contribution in [3.8, 4) is 0 Å². The molecule has 0 aliphatic heterocycles. The quantitative estimate of drug-likeness (QED) is 0.761.